The van der Waals surface area contributed by atoms with Crippen LogP contribution in [-0.2, 0) is 11.3 Å². The molecule has 20 heavy (non-hydrogen) atoms. The molecule has 0 atom stereocenters. The van der Waals surface area contributed by atoms with Gasteiger partial charge in [-0.25, -0.2) is 4.98 Å². The van der Waals surface area contributed by atoms with Gasteiger partial charge in [0.25, 0.3) is 0 Å². The van der Waals surface area contributed by atoms with Gasteiger partial charge in [-0.1, -0.05) is 44.2 Å². The third-order valence-corrected chi connectivity index (χ3v) is 4.08. The molecule has 0 saturated heterocycles. The summed E-state index contributed by atoms with van der Waals surface area (Å²) in [5.41, 5.74) is 0.844. The zero-order chi connectivity index (χ0) is 14.2. The summed E-state index contributed by atoms with van der Waals surface area (Å²) in [5.74, 6) is 0.885. The molecule has 0 amide bonds. The zero-order valence-corrected chi connectivity index (χ0v) is 13.1. The second-order valence-corrected chi connectivity index (χ2v) is 5.88. The van der Waals surface area contributed by atoms with Crippen molar-refractivity contribution in [1.29, 1.82) is 0 Å². The summed E-state index contributed by atoms with van der Waals surface area (Å²) in [7, 11) is 0. The number of nitrogens with one attached hydrogen (secondary N) is 1. The molecule has 0 bridgehead atoms. The van der Waals surface area contributed by atoms with Gasteiger partial charge in [0, 0.05) is 6.54 Å². The zero-order valence-electron chi connectivity index (χ0n) is 12.3. The van der Waals surface area contributed by atoms with E-state index in [1.165, 1.54) is 38.5 Å². The molecule has 1 aliphatic rings. The van der Waals surface area contributed by atoms with E-state index in [1.807, 2.05) is 12.1 Å². The highest BCUT2D eigenvalue weighted by molar-refractivity contribution is 6.31. The van der Waals surface area contributed by atoms with E-state index in [2.05, 4.69) is 17.2 Å². The van der Waals surface area contributed by atoms with E-state index in [0.29, 0.717) is 17.7 Å². The second kappa shape index (κ2) is 8.48. The van der Waals surface area contributed by atoms with E-state index in [1.54, 1.807) is 0 Å². The molecule has 1 aromatic heterocycles. The summed E-state index contributed by atoms with van der Waals surface area (Å²) < 4.78 is 6.01. The Hall–Kier alpha value is -0.800. The Morgan fingerprint density at radius 3 is 2.70 bits per heavy atom. The van der Waals surface area contributed by atoms with Crippen molar-refractivity contribution in [2.75, 3.05) is 11.9 Å². The third kappa shape index (κ3) is 4.95. The van der Waals surface area contributed by atoms with Crippen LogP contribution in [0.1, 0.15) is 57.6 Å². The average molecular weight is 297 g/mol. The van der Waals surface area contributed by atoms with Gasteiger partial charge in [0.2, 0.25) is 0 Å². The molecule has 3 nitrogen and oxygen atoms in total. The van der Waals surface area contributed by atoms with Crippen molar-refractivity contribution in [1.82, 2.24) is 4.98 Å². The lowest BCUT2D eigenvalue weighted by Crippen LogP contribution is -2.13. The van der Waals surface area contributed by atoms with Gasteiger partial charge in [0.1, 0.15) is 5.82 Å². The van der Waals surface area contributed by atoms with Crippen LogP contribution in [0, 0.1) is 0 Å². The van der Waals surface area contributed by atoms with Gasteiger partial charge in [0.15, 0.2) is 0 Å². The lowest BCUT2D eigenvalue weighted by Gasteiger charge is -2.16. The summed E-state index contributed by atoms with van der Waals surface area (Å²) in [6, 6.07) is 3.82. The summed E-state index contributed by atoms with van der Waals surface area (Å²) in [6.45, 7) is 3.59. The topological polar surface area (TPSA) is 34.1 Å². The number of aromatic nitrogens is 1. The first kappa shape index (κ1) is 15.6. The molecule has 0 spiro atoms. The minimum Gasteiger partial charge on any atom is -0.372 e. The van der Waals surface area contributed by atoms with Crippen molar-refractivity contribution in [2.24, 2.45) is 0 Å². The Morgan fingerprint density at radius 2 is 2.00 bits per heavy atom. The minimum atomic E-state index is 0.377. The molecule has 1 heterocycles. The highest BCUT2D eigenvalue weighted by Gasteiger charge is 2.14. The number of halogens is 1. The maximum absolute atomic E-state index is 6.21. The Balaban J connectivity index is 1.90. The highest BCUT2D eigenvalue weighted by Crippen LogP contribution is 2.23. The molecule has 1 aliphatic carbocycles. The molecule has 2 rings (SSSR count). The first-order chi connectivity index (χ1) is 9.79. The van der Waals surface area contributed by atoms with Gasteiger partial charge < -0.3 is 10.1 Å². The van der Waals surface area contributed by atoms with E-state index in [4.69, 9.17) is 16.3 Å². The van der Waals surface area contributed by atoms with Crippen LogP contribution < -0.4 is 5.32 Å². The summed E-state index contributed by atoms with van der Waals surface area (Å²) >= 11 is 6.21. The number of ether oxygens (including phenoxy) is 1. The Labute approximate surface area is 127 Å². The Kier molecular flexibility index (Phi) is 6.61. The fourth-order valence-electron chi connectivity index (χ4n) is 2.54. The van der Waals surface area contributed by atoms with Crippen LogP contribution in [0.2, 0.25) is 5.02 Å². The van der Waals surface area contributed by atoms with Gasteiger partial charge in [-0.05, 0) is 31.4 Å². The van der Waals surface area contributed by atoms with Crippen LogP contribution in [0.25, 0.3) is 0 Å². The van der Waals surface area contributed by atoms with Crippen molar-refractivity contribution < 1.29 is 4.74 Å². The predicted octanol–water partition coefficient (Wildman–Crippen LogP) is 4.80. The summed E-state index contributed by atoms with van der Waals surface area (Å²) in [4.78, 5) is 4.55. The SMILES string of the molecule is CCCNc1ccc(Cl)c(COC2CCCCCC2)n1. The van der Waals surface area contributed by atoms with E-state index in [-0.39, 0.29) is 0 Å². The van der Waals surface area contributed by atoms with Crippen LogP contribution in [0.3, 0.4) is 0 Å². The standard InChI is InChI=1S/C16H25ClN2O/c1-2-11-18-16-10-9-14(17)15(19-16)12-20-13-7-5-3-4-6-8-13/h9-10,13H,2-8,11-12H2,1H3,(H,18,19). The minimum absolute atomic E-state index is 0.377. The fourth-order valence-corrected chi connectivity index (χ4v) is 2.70. The predicted molar refractivity (Wildman–Crippen MR) is 84.3 cm³/mol. The number of pyridine rings is 1. The number of nitrogens with zero attached hydrogens (tertiary/aromatic N) is 1. The molecule has 4 heteroatoms. The molecule has 1 N–H and O–H groups in total. The molecule has 0 radical (unpaired) electrons. The van der Waals surface area contributed by atoms with Crippen LogP contribution in [0.5, 0.6) is 0 Å². The average Bonchev–Trinajstić information content (AvgIpc) is 2.73. The first-order valence-electron chi connectivity index (χ1n) is 7.80. The number of rotatable bonds is 6. The number of anilines is 1. The van der Waals surface area contributed by atoms with Crippen molar-refractivity contribution in [3.05, 3.63) is 22.8 Å². The van der Waals surface area contributed by atoms with E-state index >= 15 is 0 Å². The molecule has 1 saturated carbocycles. The van der Waals surface area contributed by atoms with E-state index in [0.717, 1.165) is 24.5 Å². The van der Waals surface area contributed by atoms with Crippen molar-refractivity contribution in [2.45, 2.75) is 64.6 Å². The van der Waals surface area contributed by atoms with Crippen molar-refractivity contribution >= 4 is 17.4 Å². The maximum Gasteiger partial charge on any atom is 0.126 e. The lowest BCUT2D eigenvalue weighted by atomic mass is 10.1. The molecular formula is C16H25ClN2O. The first-order valence-corrected chi connectivity index (χ1v) is 8.18. The lowest BCUT2D eigenvalue weighted by molar-refractivity contribution is 0.0293. The van der Waals surface area contributed by atoms with Crippen LogP contribution in [0.4, 0.5) is 5.82 Å². The van der Waals surface area contributed by atoms with Gasteiger partial charge in [-0.3, -0.25) is 0 Å². The summed E-state index contributed by atoms with van der Waals surface area (Å²) in [6.07, 6.45) is 9.05. The summed E-state index contributed by atoms with van der Waals surface area (Å²) in [5, 5.41) is 3.98. The quantitative estimate of drug-likeness (QED) is 0.766. The van der Waals surface area contributed by atoms with Crippen LogP contribution in [-0.4, -0.2) is 17.6 Å². The monoisotopic (exact) mass is 296 g/mol. The largest absolute Gasteiger partial charge is 0.372 e. The smallest absolute Gasteiger partial charge is 0.126 e. The molecule has 1 fully saturated rings. The van der Waals surface area contributed by atoms with Gasteiger partial charge in [-0.15, -0.1) is 0 Å². The van der Waals surface area contributed by atoms with E-state index < -0.39 is 0 Å². The molecule has 0 aromatic carbocycles. The van der Waals surface area contributed by atoms with Gasteiger partial charge >= 0.3 is 0 Å². The third-order valence-electron chi connectivity index (χ3n) is 3.73. The normalized spacial score (nSPS) is 16.9. The highest BCUT2D eigenvalue weighted by atomic mass is 35.5. The van der Waals surface area contributed by atoms with Crippen LogP contribution >= 0.6 is 11.6 Å². The number of hydrogen-bond acceptors (Lipinski definition) is 3. The van der Waals surface area contributed by atoms with Crippen molar-refractivity contribution in [3.8, 4) is 0 Å². The van der Waals surface area contributed by atoms with Crippen LogP contribution in [0.15, 0.2) is 12.1 Å². The van der Waals surface area contributed by atoms with Crippen molar-refractivity contribution in [3.63, 3.8) is 0 Å². The second-order valence-electron chi connectivity index (χ2n) is 5.48. The van der Waals surface area contributed by atoms with E-state index in [9.17, 15) is 0 Å². The maximum atomic E-state index is 6.21. The van der Waals surface area contributed by atoms with Gasteiger partial charge in [0.05, 0.1) is 23.4 Å². The van der Waals surface area contributed by atoms with Gasteiger partial charge in [-0.2, -0.15) is 0 Å². The molecular weight excluding hydrogens is 272 g/mol. The fraction of sp³-hybridized carbons (Fsp3) is 0.688. The number of hydrogen-bond donors (Lipinski definition) is 1. The molecule has 0 aliphatic heterocycles. The Bertz CT molecular complexity index is 403. The molecule has 0 unspecified atom stereocenters. The Morgan fingerprint density at radius 1 is 1.25 bits per heavy atom. The molecule has 112 valence electrons. The molecule has 1 aromatic rings.